The standard InChI is InChI=1S/C32H66O12S2.2Na/c1-3-5-7-9-11-13-15-17-21-41-31(43-23-19-27-45(33,34)35)29-39-25-26-40-30-32(44-24-20-28-46(36,37)38)42-22-18-16-14-12-10-8-6-4-2;;/h31-32H,3-30H2,1-2H3,(H,33,34,35)(H,36,37,38);;/q;2*+1/p-2. The first-order chi connectivity index (χ1) is 22.1. The van der Waals surface area contributed by atoms with Gasteiger partial charge in [-0.25, -0.2) is 16.8 Å². The summed E-state index contributed by atoms with van der Waals surface area (Å²) in [6.07, 6.45) is 17.4. The van der Waals surface area contributed by atoms with Crippen molar-refractivity contribution >= 4 is 20.2 Å². The number of unbranched alkanes of at least 4 members (excludes halogenated alkanes) is 14. The fourth-order valence-electron chi connectivity index (χ4n) is 4.57. The van der Waals surface area contributed by atoms with Crippen molar-refractivity contribution in [2.75, 3.05) is 64.4 Å². The number of hydrogen-bond donors (Lipinski definition) is 0. The van der Waals surface area contributed by atoms with Gasteiger partial charge in [0.1, 0.15) is 0 Å². The first-order valence-electron chi connectivity index (χ1n) is 17.6. The SMILES string of the molecule is CCCCCCCCCCOC(COCCOCC(OCCCCCCCCCC)OCCCS(=O)(=O)[O-])OCCCS(=O)(=O)[O-].[Na+].[Na+]. The van der Waals surface area contributed by atoms with E-state index in [1.807, 2.05) is 0 Å². The van der Waals surface area contributed by atoms with E-state index in [1.165, 1.54) is 64.2 Å². The Kier molecular flexibility index (Phi) is 43.0. The second kappa shape index (κ2) is 38.3. The first-order valence-corrected chi connectivity index (χ1v) is 20.7. The van der Waals surface area contributed by atoms with Gasteiger partial charge >= 0.3 is 59.1 Å². The maximum Gasteiger partial charge on any atom is 1.00 e. The van der Waals surface area contributed by atoms with Crippen molar-refractivity contribution in [1.29, 1.82) is 0 Å². The average molecular weight is 751 g/mol. The molecule has 2 unspecified atom stereocenters. The van der Waals surface area contributed by atoms with Gasteiger partial charge in [0.2, 0.25) is 0 Å². The van der Waals surface area contributed by atoms with Gasteiger partial charge in [-0.05, 0) is 25.7 Å². The van der Waals surface area contributed by atoms with Crippen molar-refractivity contribution in [2.24, 2.45) is 0 Å². The van der Waals surface area contributed by atoms with Crippen LogP contribution in [0.1, 0.15) is 129 Å². The van der Waals surface area contributed by atoms with Crippen LogP contribution in [0.5, 0.6) is 0 Å². The molecule has 0 aliphatic carbocycles. The Labute approximate surface area is 337 Å². The van der Waals surface area contributed by atoms with Gasteiger partial charge in [0.05, 0.1) is 59.9 Å². The van der Waals surface area contributed by atoms with E-state index in [-0.39, 0.29) is 112 Å². The van der Waals surface area contributed by atoms with Gasteiger partial charge in [0, 0.05) is 24.7 Å². The Balaban J connectivity index is -0.0000101. The average Bonchev–Trinajstić information content (AvgIpc) is 2.99. The zero-order valence-electron chi connectivity index (χ0n) is 30.7. The maximum absolute atomic E-state index is 10.9. The topological polar surface area (TPSA) is 170 Å². The van der Waals surface area contributed by atoms with E-state index in [0.29, 0.717) is 13.2 Å². The van der Waals surface area contributed by atoms with Crippen LogP contribution in [0, 0.1) is 0 Å². The smallest absolute Gasteiger partial charge is 0.748 e. The third-order valence-electron chi connectivity index (χ3n) is 7.17. The predicted molar refractivity (Wildman–Crippen MR) is 177 cm³/mol. The summed E-state index contributed by atoms with van der Waals surface area (Å²) in [7, 11) is -8.60. The number of rotatable bonds is 37. The summed E-state index contributed by atoms with van der Waals surface area (Å²) in [6.45, 7) is 6.19. The Morgan fingerprint density at radius 2 is 0.688 bits per heavy atom. The molecule has 0 saturated heterocycles. The van der Waals surface area contributed by atoms with E-state index in [1.54, 1.807) is 0 Å². The molecular weight excluding hydrogens is 686 g/mol. The van der Waals surface area contributed by atoms with Crippen LogP contribution >= 0.6 is 0 Å². The fourth-order valence-corrected chi connectivity index (χ4v) is 5.51. The molecule has 0 aliphatic rings. The van der Waals surface area contributed by atoms with Gasteiger partial charge in [-0.3, -0.25) is 0 Å². The molecule has 0 aromatic heterocycles. The molecule has 48 heavy (non-hydrogen) atoms. The molecule has 2 atom stereocenters. The van der Waals surface area contributed by atoms with Gasteiger partial charge in [-0.2, -0.15) is 0 Å². The molecule has 12 nitrogen and oxygen atoms in total. The summed E-state index contributed by atoms with van der Waals surface area (Å²) in [6, 6.07) is 0. The van der Waals surface area contributed by atoms with E-state index in [4.69, 9.17) is 28.4 Å². The summed E-state index contributed by atoms with van der Waals surface area (Å²) in [5.41, 5.74) is 0. The maximum atomic E-state index is 10.9. The van der Waals surface area contributed by atoms with Crippen LogP contribution in [0.4, 0.5) is 0 Å². The van der Waals surface area contributed by atoms with E-state index in [9.17, 15) is 25.9 Å². The van der Waals surface area contributed by atoms with E-state index >= 15 is 0 Å². The van der Waals surface area contributed by atoms with Crippen LogP contribution < -0.4 is 59.1 Å². The van der Waals surface area contributed by atoms with Crippen molar-refractivity contribution in [3.8, 4) is 0 Å². The zero-order chi connectivity index (χ0) is 34.2. The molecule has 0 N–H and O–H groups in total. The van der Waals surface area contributed by atoms with Crippen molar-refractivity contribution in [2.45, 2.75) is 142 Å². The molecule has 0 aromatic carbocycles. The van der Waals surface area contributed by atoms with Gasteiger partial charge in [-0.15, -0.1) is 0 Å². The monoisotopic (exact) mass is 750 g/mol. The summed E-state index contributed by atoms with van der Waals surface area (Å²) in [5.74, 6) is -0.993. The molecule has 0 bridgehead atoms. The molecule has 0 radical (unpaired) electrons. The zero-order valence-corrected chi connectivity index (χ0v) is 36.3. The van der Waals surface area contributed by atoms with E-state index in [0.717, 1.165) is 38.5 Å². The molecule has 16 heteroatoms. The van der Waals surface area contributed by atoms with Gasteiger partial charge in [-0.1, -0.05) is 104 Å². The first kappa shape index (κ1) is 53.9. The summed E-state index contributed by atoms with van der Waals surface area (Å²) >= 11 is 0. The van der Waals surface area contributed by atoms with E-state index < -0.39 is 44.3 Å². The molecule has 0 aromatic rings. The third kappa shape index (κ3) is 43.7. The van der Waals surface area contributed by atoms with Crippen molar-refractivity contribution in [1.82, 2.24) is 0 Å². The van der Waals surface area contributed by atoms with Crippen LogP contribution in [-0.4, -0.2) is 103 Å². The van der Waals surface area contributed by atoms with Crippen molar-refractivity contribution in [3.63, 3.8) is 0 Å². The summed E-state index contributed by atoms with van der Waals surface area (Å²) < 4.78 is 99.5. The predicted octanol–water partition coefficient (Wildman–Crippen LogP) is -0.102. The van der Waals surface area contributed by atoms with Crippen LogP contribution in [-0.2, 0) is 48.7 Å². The second-order valence-corrected chi connectivity index (χ2v) is 14.7. The molecule has 0 saturated carbocycles. The molecule has 278 valence electrons. The van der Waals surface area contributed by atoms with Gasteiger partial charge < -0.3 is 37.5 Å². The molecule has 0 amide bonds. The number of ether oxygens (including phenoxy) is 6. The van der Waals surface area contributed by atoms with Gasteiger partial charge in [0.15, 0.2) is 12.6 Å². The van der Waals surface area contributed by atoms with Crippen molar-refractivity contribution in [3.05, 3.63) is 0 Å². The molecule has 0 heterocycles. The minimum absolute atomic E-state index is 0. The fraction of sp³-hybridized carbons (Fsp3) is 1.00. The summed E-state index contributed by atoms with van der Waals surface area (Å²) in [4.78, 5) is 0. The largest absolute Gasteiger partial charge is 1.00 e. The quantitative estimate of drug-likeness (QED) is 0.0358. The molecule has 0 fully saturated rings. The Morgan fingerprint density at radius 1 is 0.417 bits per heavy atom. The van der Waals surface area contributed by atoms with Crippen molar-refractivity contribution < 1.29 is 113 Å². The number of hydrogen-bond acceptors (Lipinski definition) is 12. The summed E-state index contributed by atoms with van der Waals surface area (Å²) in [5, 5.41) is 0. The van der Waals surface area contributed by atoms with E-state index in [2.05, 4.69) is 13.8 Å². The normalized spacial score (nSPS) is 13.2. The Bertz CT molecular complexity index is 797. The Morgan fingerprint density at radius 3 is 0.979 bits per heavy atom. The van der Waals surface area contributed by atoms with Crippen LogP contribution in [0.15, 0.2) is 0 Å². The molecule has 0 spiro atoms. The second-order valence-electron chi connectivity index (χ2n) is 11.7. The molecule has 0 aliphatic heterocycles. The Hall–Kier alpha value is 1.58. The third-order valence-corrected chi connectivity index (χ3v) is 8.75. The minimum atomic E-state index is -4.30. The van der Waals surface area contributed by atoms with Crippen LogP contribution in [0.25, 0.3) is 0 Å². The van der Waals surface area contributed by atoms with Crippen LogP contribution in [0.3, 0.4) is 0 Å². The van der Waals surface area contributed by atoms with Crippen LogP contribution in [0.2, 0.25) is 0 Å². The van der Waals surface area contributed by atoms with Gasteiger partial charge in [0.25, 0.3) is 0 Å². The molecule has 0 rings (SSSR count). The minimum Gasteiger partial charge on any atom is -0.748 e. The molecular formula is C32H64Na2O12S2.